The summed E-state index contributed by atoms with van der Waals surface area (Å²) in [7, 11) is 0. The first-order chi connectivity index (χ1) is 11.3. The maximum absolute atomic E-state index is 4.70. The largest absolute Gasteiger partial charge is 0.368 e. The zero-order chi connectivity index (χ0) is 16.1. The SMILES string of the molecule is CCN(CC)c1cnnc(N2CCN(c3ccccc3)CC2)n1. The van der Waals surface area contributed by atoms with E-state index in [0.717, 1.165) is 51.0 Å². The Morgan fingerprint density at radius 2 is 1.61 bits per heavy atom. The van der Waals surface area contributed by atoms with Crippen LogP contribution in [0.25, 0.3) is 0 Å². The van der Waals surface area contributed by atoms with E-state index in [2.05, 4.69) is 69.1 Å². The van der Waals surface area contributed by atoms with Gasteiger partial charge >= 0.3 is 0 Å². The molecule has 1 aliphatic heterocycles. The monoisotopic (exact) mass is 312 g/mol. The Morgan fingerprint density at radius 1 is 0.957 bits per heavy atom. The van der Waals surface area contributed by atoms with Crippen molar-refractivity contribution in [2.24, 2.45) is 0 Å². The molecule has 2 aromatic rings. The molecule has 1 saturated heterocycles. The molecule has 6 heteroatoms. The van der Waals surface area contributed by atoms with Gasteiger partial charge in [-0.1, -0.05) is 18.2 Å². The summed E-state index contributed by atoms with van der Waals surface area (Å²) in [6.45, 7) is 9.89. The predicted octanol–water partition coefficient (Wildman–Crippen LogP) is 2.04. The lowest BCUT2D eigenvalue weighted by Gasteiger charge is -2.36. The summed E-state index contributed by atoms with van der Waals surface area (Å²) >= 11 is 0. The molecule has 0 atom stereocenters. The molecule has 0 N–H and O–H groups in total. The van der Waals surface area contributed by atoms with Gasteiger partial charge in [0.15, 0.2) is 5.82 Å². The zero-order valence-corrected chi connectivity index (χ0v) is 13.9. The van der Waals surface area contributed by atoms with Gasteiger partial charge in [-0.3, -0.25) is 0 Å². The summed E-state index contributed by atoms with van der Waals surface area (Å²) in [6.07, 6.45) is 1.75. The molecule has 0 aliphatic carbocycles. The minimum atomic E-state index is 0.738. The summed E-state index contributed by atoms with van der Waals surface area (Å²) in [4.78, 5) is 11.5. The van der Waals surface area contributed by atoms with E-state index in [4.69, 9.17) is 4.98 Å². The van der Waals surface area contributed by atoms with Crippen LogP contribution in [-0.4, -0.2) is 54.4 Å². The van der Waals surface area contributed by atoms with E-state index >= 15 is 0 Å². The van der Waals surface area contributed by atoms with Crippen LogP contribution in [0.4, 0.5) is 17.5 Å². The minimum Gasteiger partial charge on any atom is -0.368 e. The van der Waals surface area contributed by atoms with Crippen LogP contribution in [0.5, 0.6) is 0 Å². The number of aromatic nitrogens is 3. The number of rotatable bonds is 5. The van der Waals surface area contributed by atoms with Crippen molar-refractivity contribution in [1.29, 1.82) is 0 Å². The van der Waals surface area contributed by atoms with Crippen molar-refractivity contribution in [3.63, 3.8) is 0 Å². The highest BCUT2D eigenvalue weighted by Crippen LogP contribution is 2.19. The van der Waals surface area contributed by atoms with Gasteiger partial charge in [0.25, 0.3) is 0 Å². The normalized spacial score (nSPS) is 14.9. The Balaban J connectivity index is 1.67. The average molecular weight is 312 g/mol. The second-order valence-corrected chi connectivity index (χ2v) is 5.60. The molecule has 0 amide bonds. The minimum absolute atomic E-state index is 0.738. The van der Waals surface area contributed by atoms with Crippen molar-refractivity contribution in [3.8, 4) is 0 Å². The van der Waals surface area contributed by atoms with E-state index in [1.807, 2.05) is 0 Å². The van der Waals surface area contributed by atoms with Crippen molar-refractivity contribution < 1.29 is 0 Å². The molecule has 2 heterocycles. The van der Waals surface area contributed by atoms with Crippen LogP contribution in [0.2, 0.25) is 0 Å². The van der Waals surface area contributed by atoms with Crippen molar-refractivity contribution in [1.82, 2.24) is 15.2 Å². The second-order valence-electron chi connectivity index (χ2n) is 5.60. The fourth-order valence-electron chi connectivity index (χ4n) is 2.92. The van der Waals surface area contributed by atoms with Crippen LogP contribution < -0.4 is 14.7 Å². The molecule has 0 spiro atoms. The molecular formula is C17H24N6. The van der Waals surface area contributed by atoms with E-state index < -0.39 is 0 Å². The first-order valence-electron chi connectivity index (χ1n) is 8.31. The zero-order valence-electron chi connectivity index (χ0n) is 13.9. The number of piperazine rings is 1. The van der Waals surface area contributed by atoms with Gasteiger partial charge < -0.3 is 14.7 Å². The first-order valence-corrected chi connectivity index (χ1v) is 8.31. The molecule has 3 rings (SSSR count). The number of para-hydroxylation sites is 1. The standard InChI is InChI=1S/C17H24N6/c1-3-21(4-2)16-14-18-20-17(19-16)23-12-10-22(11-13-23)15-8-6-5-7-9-15/h5-9,14H,3-4,10-13H2,1-2H3. The highest BCUT2D eigenvalue weighted by Gasteiger charge is 2.20. The third-order valence-corrected chi connectivity index (χ3v) is 4.31. The quantitative estimate of drug-likeness (QED) is 0.842. The summed E-state index contributed by atoms with van der Waals surface area (Å²) in [6, 6.07) is 10.5. The Bertz CT molecular complexity index is 605. The van der Waals surface area contributed by atoms with Crippen molar-refractivity contribution in [3.05, 3.63) is 36.5 Å². The Kier molecular flexibility index (Phi) is 4.90. The van der Waals surface area contributed by atoms with Gasteiger partial charge in [-0.25, -0.2) is 0 Å². The van der Waals surface area contributed by atoms with E-state index in [1.165, 1.54) is 5.69 Å². The highest BCUT2D eigenvalue weighted by atomic mass is 15.4. The molecule has 23 heavy (non-hydrogen) atoms. The summed E-state index contributed by atoms with van der Waals surface area (Å²) < 4.78 is 0. The van der Waals surface area contributed by atoms with Crippen LogP contribution in [0.1, 0.15) is 13.8 Å². The van der Waals surface area contributed by atoms with Crippen molar-refractivity contribution in [2.75, 3.05) is 54.0 Å². The molecule has 122 valence electrons. The predicted molar refractivity (Wildman–Crippen MR) is 94.3 cm³/mol. The third-order valence-electron chi connectivity index (χ3n) is 4.31. The lowest BCUT2D eigenvalue weighted by Crippen LogP contribution is -2.47. The molecular weight excluding hydrogens is 288 g/mol. The molecule has 1 aromatic carbocycles. The van der Waals surface area contributed by atoms with Gasteiger partial charge in [0.05, 0.1) is 6.20 Å². The van der Waals surface area contributed by atoms with Crippen molar-refractivity contribution in [2.45, 2.75) is 13.8 Å². The van der Waals surface area contributed by atoms with Gasteiger partial charge in [-0.15, -0.1) is 5.10 Å². The maximum Gasteiger partial charge on any atom is 0.247 e. The van der Waals surface area contributed by atoms with E-state index in [0.29, 0.717) is 0 Å². The molecule has 0 unspecified atom stereocenters. The topological polar surface area (TPSA) is 48.4 Å². The van der Waals surface area contributed by atoms with Crippen LogP contribution in [0.3, 0.4) is 0 Å². The smallest absolute Gasteiger partial charge is 0.247 e. The van der Waals surface area contributed by atoms with E-state index in [9.17, 15) is 0 Å². The molecule has 6 nitrogen and oxygen atoms in total. The molecule has 0 bridgehead atoms. The number of hydrogen-bond acceptors (Lipinski definition) is 6. The van der Waals surface area contributed by atoms with Gasteiger partial charge in [0.2, 0.25) is 5.95 Å². The number of benzene rings is 1. The molecule has 1 fully saturated rings. The van der Waals surface area contributed by atoms with E-state index in [-0.39, 0.29) is 0 Å². The van der Waals surface area contributed by atoms with Gasteiger partial charge in [0.1, 0.15) is 0 Å². The fraction of sp³-hybridized carbons (Fsp3) is 0.471. The van der Waals surface area contributed by atoms with Crippen LogP contribution in [0, 0.1) is 0 Å². The van der Waals surface area contributed by atoms with Crippen molar-refractivity contribution >= 4 is 17.5 Å². The van der Waals surface area contributed by atoms with E-state index in [1.54, 1.807) is 6.20 Å². The van der Waals surface area contributed by atoms with Gasteiger partial charge in [-0.05, 0) is 26.0 Å². The Hall–Kier alpha value is -2.37. The van der Waals surface area contributed by atoms with Gasteiger partial charge in [0, 0.05) is 45.0 Å². The maximum atomic E-state index is 4.70. The summed E-state index contributed by atoms with van der Waals surface area (Å²) in [5.74, 6) is 1.65. The average Bonchev–Trinajstić information content (AvgIpc) is 2.64. The molecule has 1 aromatic heterocycles. The number of anilines is 3. The molecule has 1 aliphatic rings. The number of nitrogens with zero attached hydrogens (tertiary/aromatic N) is 6. The Labute approximate surface area is 137 Å². The lowest BCUT2D eigenvalue weighted by atomic mass is 10.2. The first kappa shape index (κ1) is 15.5. The van der Waals surface area contributed by atoms with Crippen LogP contribution in [-0.2, 0) is 0 Å². The fourth-order valence-corrected chi connectivity index (χ4v) is 2.92. The van der Waals surface area contributed by atoms with Crippen LogP contribution >= 0.6 is 0 Å². The van der Waals surface area contributed by atoms with Gasteiger partial charge in [-0.2, -0.15) is 10.1 Å². The molecule has 0 radical (unpaired) electrons. The third kappa shape index (κ3) is 3.52. The molecule has 0 saturated carbocycles. The van der Waals surface area contributed by atoms with Crippen LogP contribution in [0.15, 0.2) is 36.5 Å². The highest BCUT2D eigenvalue weighted by molar-refractivity contribution is 5.48. The summed E-state index contributed by atoms with van der Waals surface area (Å²) in [5, 5.41) is 8.38. The Morgan fingerprint density at radius 3 is 2.26 bits per heavy atom. The number of hydrogen-bond donors (Lipinski definition) is 0. The second kappa shape index (κ2) is 7.26. The lowest BCUT2D eigenvalue weighted by molar-refractivity contribution is 0.633. The summed E-state index contributed by atoms with van der Waals surface area (Å²) in [5.41, 5.74) is 1.28.